The minimum atomic E-state index is -1.03. The summed E-state index contributed by atoms with van der Waals surface area (Å²) in [4.78, 5) is 3.10. The zero-order valence-electron chi connectivity index (χ0n) is 5.88. The summed E-state index contributed by atoms with van der Waals surface area (Å²) in [6, 6.07) is 0.924. The van der Waals surface area contributed by atoms with E-state index in [-0.39, 0.29) is 5.56 Å². The molecule has 0 aliphatic carbocycles. The molecule has 1 heterocycles. The van der Waals surface area contributed by atoms with Crippen molar-refractivity contribution < 1.29 is 13.9 Å². The molecule has 0 spiro atoms. The molecule has 60 valence electrons. The predicted molar refractivity (Wildman–Crippen MR) is 34.8 cm³/mol. The summed E-state index contributed by atoms with van der Waals surface area (Å²) in [5, 5.41) is 8.88. The molecule has 0 radical (unpaired) electrons. The summed E-state index contributed by atoms with van der Waals surface area (Å²) in [6.45, 7) is 1.35. The van der Waals surface area contributed by atoms with Crippen LogP contribution in [0.2, 0.25) is 0 Å². The fourth-order valence-electron chi connectivity index (χ4n) is 0.731. The quantitative estimate of drug-likeness (QED) is 0.628. The highest BCUT2D eigenvalue weighted by Crippen LogP contribution is 2.14. The Bertz CT molecular complexity index is 263. The molecule has 0 aromatic carbocycles. The maximum atomic E-state index is 12.6. The van der Waals surface area contributed by atoms with E-state index in [2.05, 4.69) is 4.98 Å². The van der Waals surface area contributed by atoms with Crippen molar-refractivity contribution in [2.75, 3.05) is 0 Å². The van der Waals surface area contributed by atoms with E-state index in [1.165, 1.54) is 6.92 Å². The molecule has 1 aromatic heterocycles. The van der Waals surface area contributed by atoms with Crippen LogP contribution in [0.25, 0.3) is 0 Å². The van der Waals surface area contributed by atoms with Crippen LogP contribution in [0.1, 0.15) is 18.6 Å². The SMILES string of the molecule is C[C@@H](O)c1cc(F)cnc1F. The van der Waals surface area contributed by atoms with Gasteiger partial charge in [-0.2, -0.15) is 4.39 Å². The van der Waals surface area contributed by atoms with E-state index in [1.54, 1.807) is 0 Å². The smallest absolute Gasteiger partial charge is 0.218 e. The molecular weight excluding hydrogens is 152 g/mol. The van der Waals surface area contributed by atoms with E-state index < -0.39 is 17.9 Å². The number of hydrogen-bond acceptors (Lipinski definition) is 2. The monoisotopic (exact) mass is 159 g/mol. The zero-order valence-corrected chi connectivity index (χ0v) is 5.88. The van der Waals surface area contributed by atoms with Crippen molar-refractivity contribution in [2.24, 2.45) is 0 Å². The molecule has 1 N–H and O–H groups in total. The van der Waals surface area contributed by atoms with Gasteiger partial charge in [-0.05, 0) is 13.0 Å². The van der Waals surface area contributed by atoms with Gasteiger partial charge in [0.25, 0.3) is 0 Å². The number of nitrogens with zero attached hydrogens (tertiary/aromatic N) is 1. The minimum absolute atomic E-state index is 0.120. The number of aromatic nitrogens is 1. The first-order chi connectivity index (χ1) is 5.11. The molecule has 4 heteroatoms. The van der Waals surface area contributed by atoms with Crippen LogP contribution in [0, 0.1) is 11.8 Å². The second-order valence-electron chi connectivity index (χ2n) is 2.21. The topological polar surface area (TPSA) is 33.1 Å². The minimum Gasteiger partial charge on any atom is -0.389 e. The lowest BCUT2D eigenvalue weighted by atomic mass is 10.2. The van der Waals surface area contributed by atoms with Crippen molar-refractivity contribution in [1.29, 1.82) is 0 Å². The summed E-state index contributed by atoms with van der Waals surface area (Å²) in [6.07, 6.45) is -0.264. The number of rotatable bonds is 1. The van der Waals surface area contributed by atoms with Crippen molar-refractivity contribution in [3.05, 3.63) is 29.6 Å². The number of aliphatic hydroxyl groups excluding tert-OH is 1. The Morgan fingerprint density at radius 2 is 2.18 bits per heavy atom. The Morgan fingerprint density at radius 1 is 1.55 bits per heavy atom. The Morgan fingerprint density at radius 3 is 2.64 bits per heavy atom. The molecule has 0 amide bonds. The van der Waals surface area contributed by atoms with Crippen LogP contribution in [0.5, 0.6) is 0 Å². The summed E-state index contributed by atoms with van der Waals surface area (Å²) < 4.78 is 24.9. The highest BCUT2D eigenvalue weighted by atomic mass is 19.1. The van der Waals surface area contributed by atoms with Crippen LogP contribution in [0.3, 0.4) is 0 Å². The lowest BCUT2D eigenvalue weighted by molar-refractivity contribution is 0.192. The first-order valence-corrected chi connectivity index (χ1v) is 3.10. The molecule has 2 nitrogen and oxygen atoms in total. The molecule has 0 saturated heterocycles. The second-order valence-corrected chi connectivity index (χ2v) is 2.21. The van der Waals surface area contributed by atoms with Crippen molar-refractivity contribution in [2.45, 2.75) is 13.0 Å². The van der Waals surface area contributed by atoms with Crippen LogP contribution in [0.4, 0.5) is 8.78 Å². The van der Waals surface area contributed by atoms with Crippen molar-refractivity contribution >= 4 is 0 Å². The van der Waals surface area contributed by atoms with E-state index in [1.807, 2.05) is 0 Å². The van der Waals surface area contributed by atoms with Crippen molar-refractivity contribution in [3.63, 3.8) is 0 Å². The van der Waals surface area contributed by atoms with Gasteiger partial charge in [0, 0.05) is 5.56 Å². The van der Waals surface area contributed by atoms with Gasteiger partial charge in [0.2, 0.25) is 5.95 Å². The first-order valence-electron chi connectivity index (χ1n) is 3.10. The average Bonchev–Trinajstić information content (AvgIpc) is 1.94. The van der Waals surface area contributed by atoms with Gasteiger partial charge in [-0.25, -0.2) is 9.37 Å². The highest BCUT2D eigenvalue weighted by molar-refractivity contribution is 5.14. The van der Waals surface area contributed by atoms with E-state index in [0.717, 1.165) is 12.3 Å². The van der Waals surface area contributed by atoms with Gasteiger partial charge in [0.1, 0.15) is 5.82 Å². The van der Waals surface area contributed by atoms with Gasteiger partial charge in [0.05, 0.1) is 12.3 Å². The molecule has 0 bridgehead atoms. The molecule has 11 heavy (non-hydrogen) atoms. The van der Waals surface area contributed by atoms with Crippen LogP contribution < -0.4 is 0 Å². The summed E-state index contributed by atoms with van der Waals surface area (Å²) in [5.74, 6) is -1.48. The van der Waals surface area contributed by atoms with Gasteiger partial charge >= 0.3 is 0 Å². The first kappa shape index (κ1) is 8.07. The number of aliphatic hydroxyl groups is 1. The van der Waals surface area contributed by atoms with E-state index >= 15 is 0 Å². The Hall–Kier alpha value is -1.03. The number of hydrogen-bond donors (Lipinski definition) is 1. The van der Waals surface area contributed by atoms with Gasteiger partial charge in [-0.3, -0.25) is 0 Å². The lowest BCUT2D eigenvalue weighted by Gasteiger charge is -2.03. The van der Waals surface area contributed by atoms with Crippen LogP contribution in [0.15, 0.2) is 12.3 Å². The van der Waals surface area contributed by atoms with Crippen LogP contribution in [-0.4, -0.2) is 10.1 Å². The molecule has 1 rings (SSSR count). The molecular formula is C7H7F2NO. The van der Waals surface area contributed by atoms with Gasteiger partial charge in [-0.1, -0.05) is 0 Å². The fraction of sp³-hybridized carbons (Fsp3) is 0.286. The summed E-state index contributed by atoms with van der Waals surface area (Å²) >= 11 is 0. The molecule has 1 atom stereocenters. The zero-order chi connectivity index (χ0) is 8.43. The van der Waals surface area contributed by atoms with Gasteiger partial charge in [0.15, 0.2) is 0 Å². The molecule has 0 fully saturated rings. The second kappa shape index (κ2) is 2.92. The van der Waals surface area contributed by atoms with Gasteiger partial charge < -0.3 is 5.11 Å². The molecule has 0 saturated carbocycles. The average molecular weight is 159 g/mol. The van der Waals surface area contributed by atoms with E-state index in [9.17, 15) is 8.78 Å². The molecule has 0 aliphatic heterocycles. The van der Waals surface area contributed by atoms with E-state index in [4.69, 9.17) is 5.11 Å². The standard InChI is InChI=1S/C7H7F2NO/c1-4(11)6-2-5(8)3-10-7(6)9/h2-4,11H,1H3/t4-/m1/s1. The molecule has 0 aliphatic rings. The Kier molecular flexibility index (Phi) is 2.14. The summed E-state index contributed by atoms with van der Waals surface area (Å²) in [5.41, 5.74) is -0.120. The number of halogens is 2. The van der Waals surface area contributed by atoms with Crippen LogP contribution >= 0.6 is 0 Å². The maximum Gasteiger partial charge on any atom is 0.218 e. The fourth-order valence-corrected chi connectivity index (χ4v) is 0.731. The van der Waals surface area contributed by atoms with E-state index in [0.29, 0.717) is 0 Å². The summed E-state index contributed by atoms with van der Waals surface area (Å²) in [7, 11) is 0. The predicted octanol–water partition coefficient (Wildman–Crippen LogP) is 1.41. The molecule has 0 unspecified atom stereocenters. The van der Waals surface area contributed by atoms with Gasteiger partial charge in [-0.15, -0.1) is 0 Å². The third-order valence-electron chi connectivity index (χ3n) is 1.28. The Labute approximate surface area is 62.5 Å². The normalized spacial score (nSPS) is 13.1. The van der Waals surface area contributed by atoms with Crippen molar-refractivity contribution in [1.82, 2.24) is 4.98 Å². The molecule has 1 aromatic rings. The Balaban J connectivity index is 3.13. The highest BCUT2D eigenvalue weighted by Gasteiger charge is 2.09. The maximum absolute atomic E-state index is 12.6. The lowest BCUT2D eigenvalue weighted by Crippen LogP contribution is -1.99. The van der Waals surface area contributed by atoms with Crippen LogP contribution in [-0.2, 0) is 0 Å². The third kappa shape index (κ3) is 1.71. The number of pyridine rings is 1. The third-order valence-corrected chi connectivity index (χ3v) is 1.28. The largest absolute Gasteiger partial charge is 0.389 e. The van der Waals surface area contributed by atoms with Crippen molar-refractivity contribution in [3.8, 4) is 0 Å².